The van der Waals surface area contributed by atoms with Crippen molar-refractivity contribution in [2.24, 2.45) is 0 Å². The SMILES string of the molecule is C=CCOc1cc(N(Cc2cccnc2)C(=O)C2=C(C(=O)OCCOC)CCCC2)c(F)cc1Cl. The summed E-state index contributed by atoms with van der Waals surface area (Å²) in [6.07, 6.45) is 7.01. The van der Waals surface area contributed by atoms with Gasteiger partial charge in [0.05, 0.1) is 23.9 Å². The van der Waals surface area contributed by atoms with Crippen LogP contribution in [0.2, 0.25) is 5.02 Å². The van der Waals surface area contributed by atoms with Gasteiger partial charge in [0.1, 0.15) is 24.8 Å². The summed E-state index contributed by atoms with van der Waals surface area (Å²) in [6, 6.07) is 6.00. The molecule has 0 unspecified atom stereocenters. The highest BCUT2D eigenvalue weighted by atomic mass is 35.5. The number of ether oxygens (including phenoxy) is 3. The third-order valence-corrected chi connectivity index (χ3v) is 5.75. The summed E-state index contributed by atoms with van der Waals surface area (Å²) in [7, 11) is 1.51. The third kappa shape index (κ3) is 6.90. The number of hydrogen-bond donors (Lipinski definition) is 0. The van der Waals surface area contributed by atoms with Gasteiger partial charge < -0.3 is 19.1 Å². The number of carbonyl (C=O) groups excluding carboxylic acids is 2. The molecule has 1 heterocycles. The van der Waals surface area contributed by atoms with Gasteiger partial charge in [0, 0.05) is 36.7 Å². The van der Waals surface area contributed by atoms with E-state index < -0.39 is 17.7 Å². The van der Waals surface area contributed by atoms with Crippen molar-refractivity contribution in [2.75, 3.05) is 31.8 Å². The Balaban J connectivity index is 2.04. The highest BCUT2D eigenvalue weighted by Crippen LogP contribution is 2.36. The maximum absolute atomic E-state index is 15.2. The second kappa shape index (κ2) is 13.0. The molecular formula is C26H28ClFN2O5. The minimum atomic E-state index is -0.696. The topological polar surface area (TPSA) is 78.0 Å². The van der Waals surface area contributed by atoms with Gasteiger partial charge in [-0.1, -0.05) is 30.3 Å². The zero-order valence-electron chi connectivity index (χ0n) is 19.6. The lowest BCUT2D eigenvalue weighted by molar-refractivity contribution is -0.140. The lowest BCUT2D eigenvalue weighted by atomic mass is 9.90. The maximum atomic E-state index is 15.2. The first kappa shape index (κ1) is 26.4. The van der Waals surface area contributed by atoms with E-state index in [1.165, 1.54) is 24.2 Å². The molecule has 9 heteroatoms. The number of aromatic nitrogens is 1. The molecule has 0 radical (unpaired) electrons. The Kier molecular flexibility index (Phi) is 9.81. The molecule has 2 aromatic rings. The first-order valence-electron chi connectivity index (χ1n) is 11.3. The second-order valence-electron chi connectivity index (χ2n) is 7.88. The molecule has 0 saturated carbocycles. The van der Waals surface area contributed by atoms with Gasteiger partial charge >= 0.3 is 5.97 Å². The fourth-order valence-corrected chi connectivity index (χ4v) is 3.96. The monoisotopic (exact) mass is 502 g/mol. The Bertz CT molecular complexity index is 1090. The number of halogens is 2. The molecule has 0 aliphatic heterocycles. The van der Waals surface area contributed by atoms with E-state index in [2.05, 4.69) is 11.6 Å². The van der Waals surface area contributed by atoms with Crippen LogP contribution in [0.5, 0.6) is 5.75 Å². The number of benzene rings is 1. The maximum Gasteiger partial charge on any atom is 0.334 e. The van der Waals surface area contributed by atoms with E-state index in [1.807, 2.05) is 0 Å². The number of pyridine rings is 1. The summed E-state index contributed by atoms with van der Waals surface area (Å²) in [5.41, 5.74) is 1.29. The molecule has 1 aromatic heterocycles. The van der Waals surface area contributed by atoms with Crippen LogP contribution >= 0.6 is 11.6 Å². The van der Waals surface area contributed by atoms with E-state index in [0.717, 1.165) is 18.9 Å². The molecule has 35 heavy (non-hydrogen) atoms. The van der Waals surface area contributed by atoms with Crippen molar-refractivity contribution >= 4 is 29.2 Å². The smallest absolute Gasteiger partial charge is 0.334 e. The van der Waals surface area contributed by atoms with Crippen LogP contribution in [0.15, 0.2) is 60.5 Å². The molecule has 1 amide bonds. The van der Waals surface area contributed by atoms with Gasteiger partial charge in [-0.3, -0.25) is 9.78 Å². The normalized spacial score (nSPS) is 13.3. The predicted octanol–water partition coefficient (Wildman–Crippen LogP) is 5.03. The van der Waals surface area contributed by atoms with Crippen molar-refractivity contribution in [1.82, 2.24) is 4.98 Å². The van der Waals surface area contributed by atoms with Crippen molar-refractivity contribution in [3.05, 3.63) is 76.9 Å². The number of rotatable bonds is 11. The lowest BCUT2D eigenvalue weighted by Crippen LogP contribution is -2.34. The van der Waals surface area contributed by atoms with Crippen LogP contribution in [0.4, 0.5) is 10.1 Å². The van der Waals surface area contributed by atoms with E-state index in [0.29, 0.717) is 29.6 Å². The van der Waals surface area contributed by atoms with Crippen molar-refractivity contribution < 1.29 is 28.2 Å². The summed E-state index contributed by atoms with van der Waals surface area (Å²) < 4.78 is 31.0. The van der Waals surface area contributed by atoms with E-state index in [4.69, 9.17) is 25.8 Å². The second-order valence-corrected chi connectivity index (χ2v) is 8.29. The number of methoxy groups -OCH3 is 1. The molecule has 0 atom stereocenters. The number of esters is 1. The fraction of sp³-hybridized carbons (Fsp3) is 0.346. The number of amides is 1. The van der Waals surface area contributed by atoms with Gasteiger partial charge in [0.2, 0.25) is 0 Å². The van der Waals surface area contributed by atoms with E-state index in [9.17, 15) is 9.59 Å². The lowest BCUT2D eigenvalue weighted by Gasteiger charge is -2.28. The van der Waals surface area contributed by atoms with Gasteiger partial charge in [-0.05, 0) is 43.4 Å². The zero-order valence-corrected chi connectivity index (χ0v) is 20.4. The first-order valence-corrected chi connectivity index (χ1v) is 11.7. The predicted molar refractivity (Wildman–Crippen MR) is 131 cm³/mol. The van der Waals surface area contributed by atoms with Crippen molar-refractivity contribution in [3.8, 4) is 5.75 Å². The molecule has 0 fully saturated rings. The molecular weight excluding hydrogens is 475 g/mol. The Labute approximate surface area is 209 Å². The number of nitrogens with zero attached hydrogens (tertiary/aromatic N) is 2. The van der Waals surface area contributed by atoms with Crippen LogP contribution in [-0.4, -0.2) is 43.8 Å². The quantitative estimate of drug-likeness (QED) is 0.243. The van der Waals surface area contributed by atoms with Crippen molar-refractivity contribution in [1.29, 1.82) is 0 Å². The van der Waals surface area contributed by atoms with E-state index in [-0.39, 0.29) is 42.8 Å². The summed E-state index contributed by atoms with van der Waals surface area (Å²) in [4.78, 5) is 32.0. The van der Waals surface area contributed by atoms with Crippen molar-refractivity contribution in [2.45, 2.75) is 32.2 Å². The van der Waals surface area contributed by atoms with Gasteiger partial charge in [-0.2, -0.15) is 0 Å². The minimum Gasteiger partial charge on any atom is -0.488 e. The van der Waals surface area contributed by atoms with Crippen LogP contribution in [0.1, 0.15) is 31.2 Å². The molecule has 0 bridgehead atoms. The number of hydrogen-bond acceptors (Lipinski definition) is 6. The van der Waals surface area contributed by atoms with Gasteiger partial charge in [0.25, 0.3) is 5.91 Å². The zero-order chi connectivity index (χ0) is 25.2. The average molecular weight is 503 g/mol. The standard InChI is InChI=1S/C26H28ClFN2O5/c1-3-11-34-24-15-23(22(28)14-21(24)27)30(17-18-7-6-10-29-16-18)25(31)19-8-4-5-9-20(19)26(32)35-13-12-33-2/h3,6-7,10,14-16H,1,4-5,8-9,11-13,17H2,2H3. The van der Waals surface area contributed by atoms with E-state index >= 15 is 4.39 Å². The molecule has 1 aromatic carbocycles. The minimum absolute atomic E-state index is 0.0208. The van der Waals surface area contributed by atoms with Gasteiger partial charge in [-0.15, -0.1) is 0 Å². The summed E-state index contributed by atoms with van der Waals surface area (Å²) in [5.74, 6) is -1.52. The summed E-state index contributed by atoms with van der Waals surface area (Å²) >= 11 is 6.16. The average Bonchev–Trinajstić information content (AvgIpc) is 2.87. The van der Waals surface area contributed by atoms with E-state index in [1.54, 1.807) is 24.5 Å². The Morgan fingerprint density at radius 2 is 2.00 bits per heavy atom. The highest BCUT2D eigenvalue weighted by Gasteiger charge is 2.30. The fourth-order valence-electron chi connectivity index (χ4n) is 3.76. The first-order chi connectivity index (χ1) is 17.0. The molecule has 3 rings (SSSR count). The van der Waals surface area contributed by atoms with Crippen LogP contribution < -0.4 is 9.64 Å². The molecule has 1 aliphatic rings. The Hall–Kier alpha value is -3.23. The molecule has 0 N–H and O–H groups in total. The number of anilines is 1. The van der Waals surface area contributed by atoms with Crippen LogP contribution in [0, 0.1) is 5.82 Å². The molecule has 0 spiro atoms. The van der Waals surface area contributed by atoms with Crippen LogP contribution in [0.3, 0.4) is 0 Å². The largest absolute Gasteiger partial charge is 0.488 e. The van der Waals surface area contributed by atoms with Crippen LogP contribution in [0.25, 0.3) is 0 Å². The Morgan fingerprint density at radius 3 is 2.69 bits per heavy atom. The summed E-state index contributed by atoms with van der Waals surface area (Å²) in [5, 5.41) is 0.0705. The highest BCUT2D eigenvalue weighted by molar-refractivity contribution is 6.32. The molecule has 0 saturated heterocycles. The van der Waals surface area contributed by atoms with Gasteiger partial charge in [0.15, 0.2) is 0 Å². The molecule has 7 nitrogen and oxygen atoms in total. The van der Waals surface area contributed by atoms with Crippen LogP contribution in [-0.2, 0) is 25.6 Å². The number of carbonyl (C=O) groups is 2. The summed E-state index contributed by atoms with van der Waals surface area (Å²) in [6.45, 7) is 4.12. The Morgan fingerprint density at radius 1 is 1.23 bits per heavy atom. The van der Waals surface area contributed by atoms with Gasteiger partial charge in [-0.25, -0.2) is 9.18 Å². The third-order valence-electron chi connectivity index (χ3n) is 5.45. The van der Waals surface area contributed by atoms with Crippen molar-refractivity contribution in [3.63, 3.8) is 0 Å². The molecule has 186 valence electrons. The molecule has 1 aliphatic carbocycles.